The van der Waals surface area contributed by atoms with Crippen molar-refractivity contribution >= 4 is 34.9 Å². The minimum Gasteiger partial charge on any atom is -0.487 e. The van der Waals surface area contributed by atoms with Gasteiger partial charge in [0, 0.05) is 49.7 Å². The number of aromatic nitrogens is 2. The van der Waals surface area contributed by atoms with Crippen LogP contribution in [-0.2, 0) is 9.59 Å². The highest BCUT2D eigenvalue weighted by atomic mass is 16.5. The summed E-state index contributed by atoms with van der Waals surface area (Å²) in [6.45, 7) is 5.53. The molecule has 4 N–H and O–H groups in total. The monoisotopic (exact) mass is 464 g/mol. The van der Waals surface area contributed by atoms with Gasteiger partial charge in [-0.1, -0.05) is 12.6 Å². The number of benzene rings is 1. The molecule has 0 saturated heterocycles. The summed E-state index contributed by atoms with van der Waals surface area (Å²) in [5.74, 6) is -0.0904. The van der Waals surface area contributed by atoms with Gasteiger partial charge >= 0.3 is 0 Å². The van der Waals surface area contributed by atoms with Crippen LogP contribution in [0, 0.1) is 5.92 Å². The van der Waals surface area contributed by atoms with Crippen LogP contribution in [-0.4, -0.2) is 51.5 Å². The summed E-state index contributed by atoms with van der Waals surface area (Å²) in [5, 5.41) is 13.6. The van der Waals surface area contributed by atoms with Gasteiger partial charge in [0.05, 0.1) is 5.69 Å². The Morgan fingerprint density at radius 3 is 2.62 bits per heavy atom. The van der Waals surface area contributed by atoms with E-state index in [4.69, 9.17) is 10.5 Å². The first-order valence-electron chi connectivity index (χ1n) is 11.1. The van der Waals surface area contributed by atoms with Crippen molar-refractivity contribution in [2.45, 2.75) is 44.2 Å². The van der Waals surface area contributed by atoms with Gasteiger partial charge in [-0.05, 0) is 38.0 Å². The first-order valence-corrected chi connectivity index (χ1v) is 11.1. The Morgan fingerprint density at radius 2 is 1.97 bits per heavy atom. The van der Waals surface area contributed by atoms with Crippen LogP contribution in [0.2, 0.25) is 0 Å². The molecule has 2 fully saturated rings. The van der Waals surface area contributed by atoms with Crippen molar-refractivity contribution in [3.05, 3.63) is 48.7 Å². The van der Waals surface area contributed by atoms with Crippen molar-refractivity contribution in [2.24, 2.45) is 11.7 Å². The van der Waals surface area contributed by atoms with Gasteiger partial charge in [0.1, 0.15) is 11.4 Å². The van der Waals surface area contributed by atoms with Crippen molar-refractivity contribution in [1.29, 1.82) is 0 Å². The first-order chi connectivity index (χ1) is 16.2. The number of nitrogens with zero attached hydrogens (tertiary/aromatic N) is 3. The number of nitrogens with one attached hydrogen (secondary N) is 2. The zero-order valence-corrected chi connectivity index (χ0v) is 19.2. The lowest BCUT2D eigenvalue weighted by Crippen LogP contribution is -2.56. The second-order valence-electron chi connectivity index (χ2n) is 9.04. The maximum atomic E-state index is 12.1. The van der Waals surface area contributed by atoms with Gasteiger partial charge in [-0.2, -0.15) is 0 Å². The molecule has 2 aliphatic carbocycles. The summed E-state index contributed by atoms with van der Waals surface area (Å²) in [6, 6.07) is 8.89. The number of carbonyl (C=O) groups is 3. The van der Waals surface area contributed by atoms with Crippen LogP contribution in [0.3, 0.4) is 0 Å². The van der Waals surface area contributed by atoms with E-state index in [2.05, 4.69) is 27.4 Å². The maximum absolute atomic E-state index is 12.1. The van der Waals surface area contributed by atoms with E-state index < -0.39 is 11.5 Å². The van der Waals surface area contributed by atoms with Crippen molar-refractivity contribution < 1.29 is 19.1 Å². The average molecular weight is 465 g/mol. The normalized spacial score (nSPS) is 21.1. The molecule has 2 saturated carbocycles. The van der Waals surface area contributed by atoms with Gasteiger partial charge in [0.15, 0.2) is 11.5 Å². The van der Waals surface area contributed by atoms with Gasteiger partial charge in [-0.15, -0.1) is 10.2 Å². The van der Waals surface area contributed by atoms with Crippen molar-refractivity contribution in [1.82, 2.24) is 15.1 Å². The molecular weight excluding hydrogens is 436 g/mol. The van der Waals surface area contributed by atoms with E-state index in [-0.39, 0.29) is 35.3 Å². The fourth-order valence-electron chi connectivity index (χ4n) is 4.00. The van der Waals surface area contributed by atoms with E-state index in [1.165, 1.54) is 12.1 Å². The maximum Gasteiger partial charge on any atom is 0.271 e. The molecule has 1 aromatic carbocycles. The lowest BCUT2D eigenvalue weighted by atomic mass is 9.76. The van der Waals surface area contributed by atoms with Crippen LogP contribution in [0.15, 0.2) is 43.0 Å². The topological polar surface area (TPSA) is 140 Å². The molecule has 2 aliphatic rings. The van der Waals surface area contributed by atoms with Crippen LogP contribution < -0.4 is 21.1 Å². The molecular formula is C24H28N6O4. The van der Waals surface area contributed by atoms with Gasteiger partial charge in [-0.25, -0.2) is 0 Å². The van der Waals surface area contributed by atoms with Crippen molar-refractivity contribution in [3.8, 4) is 5.75 Å². The molecule has 34 heavy (non-hydrogen) atoms. The fourth-order valence-corrected chi connectivity index (χ4v) is 4.00. The molecule has 0 unspecified atom stereocenters. The van der Waals surface area contributed by atoms with E-state index in [0.29, 0.717) is 30.0 Å². The Labute approximate surface area is 197 Å². The third kappa shape index (κ3) is 5.16. The van der Waals surface area contributed by atoms with Gasteiger partial charge in [0.2, 0.25) is 11.8 Å². The molecule has 0 atom stereocenters. The van der Waals surface area contributed by atoms with Crippen LogP contribution in [0.25, 0.3) is 0 Å². The lowest BCUT2D eigenvalue weighted by Gasteiger charge is -2.48. The molecule has 1 heterocycles. The summed E-state index contributed by atoms with van der Waals surface area (Å²) >= 11 is 0. The van der Waals surface area contributed by atoms with Crippen LogP contribution in [0.5, 0.6) is 5.75 Å². The highest BCUT2D eigenvalue weighted by Gasteiger charge is 2.45. The van der Waals surface area contributed by atoms with E-state index in [1.54, 1.807) is 18.0 Å². The Morgan fingerprint density at radius 1 is 1.24 bits per heavy atom. The minimum absolute atomic E-state index is 0.00463. The molecule has 1 aromatic heterocycles. The summed E-state index contributed by atoms with van der Waals surface area (Å²) in [4.78, 5) is 37.4. The van der Waals surface area contributed by atoms with E-state index in [0.717, 1.165) is 12.8 Å². The first kappa shape index (κ1) is 23.2. The number of amides is 3. The molecule has 10 heteroatoms. The van der Waals surface area contributed by atoms with Crippen molar-refractivity contribution in [2.75, 3.05) is 17.7 Å². The minimum atomic E-state index is -0.742. The Bertz CT molecular complexity index is 1140. The molecule has 0 aliphatic heterocycles. The number of carbonyl (C=O) groups excluding carboxylic acids is 3. The molecule has 178 valence electrons. The molecule has 0 radical (unpaired) electrons. The highest BCUT2D eigenvalue weighted by molar-refractivity contribution is 5.98. The number of rotatable bonds is 9. The second kappa shape index (κ2) is 9.12. The number of primary amides is 1. The Hall–Kier alpha value is -3.95. The van der Waals surface area contributed by atoms with E-state index >= 15 is 0 Å². The SMILES string of the molecule is C=CC(=O)N(C)C1CC(C)(Oc2cccc(Nc3cc(NC(=O)C4CC4)nnc3C(N)=O)c2)C1. The second-order valence-corrected chi connectivity index (χ2v) is 9.04. The number of anilines is 3. The zero-order chi connectivity index (χ0) is 24.5. The Kier molecular flexibility index (Phi) is 6.23. The third-order valence-electron chi connectivity index (χ3n) is 6.11. The molecule has 3 amide bonds. The number of likely N-dealkylation sites (N-methyl/N-ethyl adjacent to an activating group) is 1. The van der Waals surface area contributed by atoms with Crippen LogP contribution in [0.4, 0.5) is 17.2 Å². The average Bonchev–Trinajstić information content (AvgIpc) is 3.62. The largest absolute Gasteiger partial charge is 0.487 e. The number of nitrogens with two attached hydrogens (primary N) is 1. The predicted octanol–water partition coefficient (Wildman–Crippen LogP) is 2.61. The predicted molar refractivity (Wildman–Crippen MR) is 127 cm³/mol. The third-order valence-corrected chi connectivity index (χ3v) is 6.11. The number of hydrogen-bond acceptors (Lipinski definition) is 7. The molecule has 10 nitrogen and oxygen atoms in total. The molecule has 4 rings (SSSR count). The molecule has 0 bridgehead atoms. The number of ether oxygens (including phenoxy) is 1. The summed E-state index contributed by atoms with van der Waals surface area (Å²) in [5.41, 5.74) is 5.98. The summed E-state index contributed by atoms with van der Waals surface area (Å²) < 4.78 is 6.22. The van der Waals surface area contributed by atoms with Gasteiger partial charge < -0.3 is 26.0 Å². The summed E-state index contributed by atoms with van der Waals surface area (Å²) in [7, 11) is 1.76. The van der Waals surface area contributed by atoms with Crippen LogP contribution >= 0.6 is 0 Å². The number of hydrogen-bond donors (Lipinski definition) is 3. The van der Waals surface area contributed by atoms with E-state index in [9.17, 15) is 14.4 Å². The quantitative estimate of drug-likeness (QED) is 0.485. The zero-order valence-electron chi connectivity index (χ0n) is 19.2. The Balaban J connectivity index is 1.46. The summed E-state index contributed by atoms with van der Waals surface area (Å²) in [6.07, 6.45) is 4.42. The van der Waals surface area contributed by atoms with Crippen LogP contribution in [0.1, 0.15) is 43.1 Å². The molecule has 2 aromatic rings. The van der Waals surface area contributed by atoms with Crippen molar-refractivity contribution in [3.63, 3.8) is 0 Å². The lowest BCUT2D eigenvalue weighted by molar-refractivity contribution is -0.133. The fraction of sp³-hybridized carbons (Fsp3) is 0.375. The standard InChI is InChI=1S/C24H28N6O4/c1-4-20(31)30(3)16-12-24(2,13-16)34-17-7-5-6-15(10-17)26-18-11-19(27-23(33)14-8-9-14)28-29-21(18)22(25)32/h4-7,10-11,14,16H,1,8-9,12-13H2,2-3H3,(H2,25,32)(H2,26,27,28,33). The smallest absolute Gasteiger partial charge is 0.271 e. The molecule has 0 spiro atoms. The van der Waals surface area contributed by atoms with E-state index in [1.807, 2.05) is 25.1 Å². The van der Waals surface area contributed by atoms with Gasteiger partial charge in [0.25, 0.3) is 5.91 Å². The highest BCUT2D eigenvalue weighted by Crippen LogP contribution is 2.40. The van der Waals surface area contributed by atoms with Gasteiger partial charge in [-0.3, -0.25) is 14.4 Å².